The number of aliphatic hydroxyl groups is 1. The SMILES string of the molecule is OC(Cn1ccnc1)(c1ccccn1)C1CCCCC1. The molecule has 20 heavy (non-hydrogen) atoms. The zero-order valence-electron chi connectivity index (χ0n) is 11.7. The number of hydrogen-bond acceptors (Lipinski definition) is 3. The first-order chi connectivity index (χ1) is 9.79. The van der Waals surface area contributed by atoms with E-state index < -0.39 is 5.60 Å². The van der Waals surface area contributed by atoms with Gasteiger partial charge in [0.1, 0.15) is 5.60 Å². The number of imidazole rings is 1. The van der Waals surface area contributed by atoms with Crippen LogP contribution in [0.4, 0.5) is 0 Å². The van der Waals surface area contributed by atoms with Crippen LogP contribution >= 0.6 is 0 Å². The van der Waals surface area contributed by atoms with E-state index in [0.717, 1.165) is 18.5 Å². The second kappa shape index (κ2) is 5.75. The predicted molar refractivity (Wildman–Crippen MR) is 76.9 cm³/mol. The molecule has 0 saturated heterocycles. The van der Waals surface area contributed by atoms with Gasteiger partial charge in [0.15, 0.2) is 0 Å². The van der Waals surface area contributed by atoms with Gasteiger partial charge in [-0.25, -0.2) is 4.98 Å². The van der Waals surface area contributed by atoms with Gasteiger partial charge < -0.3 is 9.67 Å². The molecule has 4 nitrogen and oxygen atoms in total. The Morgan fingerprint density at radius 3 is 2.70 bits per heavy atom. The lowest BCUT2D eigenvalue weighted by Gasteiger charge is -2.38. The molecular formula is C16H21N3O. The van der Waals surface area contributed by atoms with Gasteiger partial charge in [0.25, 0.3) is 0 Å². The van der Waals surface area contributed by atoms with E-state index in [1.807, 2.05) is 29.0 Å². The normalized spacial score (nSPS) is 19.6. The number of nitrogens with zero attached hydrogens (tertiary/aromatic N) is 3. The van der Waals surface area contributed by atoms with Crippen molar-refractivity contribution < 1.29 is 5.11 Å². The molecular weight excluding hydrogens is 250 g/mol. The van der Waals surface area contributed by atoms with Crippen LogP contribution in [-0.2, 0) is 12.1 Å². The molecule has 1 N–H and O–H groups in total. The monoisotopic (exact) mass is 271 g/mol. The van der Waals surface area contributed by atoms with Gasteiger partial charge in [-0.05, 0) is 30.9 Å². The van der Waals surface area contributed by atoms with Gasteiger partial charge in [0.05, 0.1) is 18.6 Å². The standard InChI is InChI=1S/C16H21N3O/c20-16(12-19-11-10-17-13-19,14-6-2-1-3-7-14)15-8-4-5-9-18-15/h4-5,8-11,13-14,20H,1-3,6-7,12H2. The Morgan fingerprint density at radius 2 is 2.05 bits per heavy atom. The van der Waals surface area contributed by atoms with Crippen molar-refractivity contribution in [2.45, 2.75) is 44.2 Å². The molecule has 0 aliphatic heterocycles. The van der Waals surface area contributed by atoms with E-state index in [0.29, 0.717) is 6.54 Å². The minimum atomic E-state index is -0.900. The highest BCUT2D eigenvalue weighted by molar-refractivity contribution is 5.15. The number of aromatic nitrogens is 3. The molecule has 0 bridgehead atoms. The summed E-state index contributed by atoms with van der Waals surface area (Å²) < 4.78 is 1.95. The summed E-state index contributed by atoms with van der Waals surface area (Å²) in [5.41, 5.74) is -0.122. The Hall–Kier alpha value is -1.68. The lowest BCUT2D eigenvalue weighted by molar-refractivity contribution is -0.0567. The maximum absolute atomic E-state index is 11.4. The third kappa shape index (κ3) is 2.61. The van der Waals surface area contributed by atoms with Crippen LogP contribution in [0.25, 0.3) is 0 Å². The summed E-state index contributed by atoms with van der Waals surface area (Å²) >= 11 is 0. The van der Waals surface area contributed by atoms with Crippen LogP contribution in [0.2, 0.25) is 0 Å². The van der Waals surface area contributed by atoms with E-state index in [2.05, 4.69) is 9.97 Å². The molecule has 1 aliphatic carbocycles. The van der Waals surface area contributed by atoms with E-state index in [9.17, 15) is 5.11 Å². The Bertz CT molecular complexity index is 520. The van der Waals surface area contributed by atoms with Crippen molar-refractivity contribution in [3.8, 4) is 0 Å². The van der Waals surface area contributed by atoms with Gasteiger partial charge in [-0.2, -0.15) is 0 Å². The van der Waals surface area contributed by atoms with E-state index in [1.54, 1.807) is 18.7 Å². The molecule has 2 heterocycles. The Morgan fingerprint density at radius 1 is 1.20 bits per heavy atom. The fraction of sp³-hybridized carbons (Fsp3) is 0.500. The zero-order chi connectivity index (χ0) is 13.8. The van der Waals surface area contributed by atoms with E-state index >= 15 is 0 Å². The average Bonchev–Trinajstić information content (AvgIpc) is 3.02. The maximum Gasteiger partial charge on any atom is 0.127 e. The molecule has 1 unspecified atom stereocenters. The van der Waals surface area contributed by atoms with Crippen LogP contribution in [0.1, 0.15) is 37.8 Å². The lowest BCUT2D eigenvalue weighted by Crippen LogP contribution is -2.41. The molecule has 1 aliphatic rings. The molecule has 0 radical (unpaired) electrons. The third-order valence-electron chi connectivity index (χ3n) is 4.37. The van der Waals surface area contributed by atoms with Crippen LogP contribution < -0.4 is 0 Å². The largest absolute Gasteiger partial charge is 0.381 e. The first-order valence-corrected chi connectivity index (χ1v) is 7.39. The summed E-state index contributed by atoms with van der Waals surface area (Å²) in [6.07, 6.45) is 13.0. The molecule has 0 spiro atoms. The second-order valence-electron chi connectivity index (χ2n) is 5.71. The average molecular weight is 271 g/mol. The highest BCUT2D eigenvalue weighted by Gasteiger charge is 2.40. The molecule has 2 aromatic heterocycles. The molecule has 3 rings (SSSR count). The molecule has 0 aromatic carbocycles. The molecule has 1 atom stereocenters. The van der Waals surface area contributed by atoms with Crippen LogP contribution in [0.3, 0.4) is 0 Å². The second-order valence-corrected chi connectivity index (χ2v) is 5.71. The minimum Gasteiger partial charge on any atom is -0.381 e. The predicted octanol–water partition coefficient (Wildman–Crippen LogP) is 2.75. The summed E-state index contributed by atoms with van der Waals surface area (Å²) in [5.74, 6) is 0.272. The lowest BCUT2D eigenvalue weighted by atomic mass is 9.75. The van der Waals surface area contributed by atoms with Gasteiger partial charge in [-0.1, -0.05) is 25.3 Å². The quantitative estimate of drug-likeness (QED) is 0.930. The summed E-state index contributed by atoms with van der Waals surface area (Å²) in [7, 11) is 0. The van der Waals surface area contributed by atoms with Gasteiger partial charge in [-0.15, -0.1) is 0 Å². The van der Waals surface area contributed by atoms with Crippen LogP contribution in [0.15, 0.2) is 43.1 Å². The fourth-order valence-corrected chi connectivity index (χ4v) is 3.28. The number of rotatable bonds is 4. The molecule has 4 heteroatoms. The van der Waals surface area contributed by atoms with Crippen molar-refractivity contribution in [3.63, 3.8) is 0 Å². The molecule has 106 valence electrons. The van der Waals surface area contributed by atoms with Crippen molar-refractivity contribution in [3.05, 3.63) is 48.8 Å². The first-order valence-electron chi connectivity index (χ1n) is 7.39. The number of hydrogen-bond donors (Lipinski definition) is 1. The van der Waals surface area contributed by atoms with Crippen LogP contribution in [-0.4, -0.2) is 19.6 Å². The maximum atomic E-state index is 11.4. The molecule has 1 saturated carbocycles. The van der Waals surface area contributed by atoms with Crippen molar-refractivity contribution in [2.75, 3.05) is 0 Å². The molecule has 0 amide bonds. The number of pyridine rings is 1. The van der Waals surface area contributed by atoms with Gasteiger partial charge in [-0.3, -0.25) is 4.98 Å². The van der Waals surface area contributed by atoms with Gasteiger partial charge in [0, 0.05) is 18.6 Å². The Labute approximate surface area is 119 Å². The van der Waals surface area contributed by atoms with Gasteiger partial charge in [0.2, 0.25) is 0 Å². The summed E-state index contributed by atoms with van der Waals surface area (Å²) in [6, 6.07) is 5.78. The van der Waals surface area contributed by atoms with Crippen LogP contribution in [0, 0.1) is 5.92 Å². The van der Waals surface area contributed by atoms with E-state index in [4.69, 9.17) is 0 Å². The topological polar surface area (TPSA) is 50.9 Å². The first kappa shape index (κ1) is 13.3. The fourth-order valence-electron chi connectivity index (χ4n) is 3.28. The van der Waals surface area contributed by atoms with Crippen molar-refractivity contribution in [1.82, 2.24) is 14.5 Å². The van der Waals surface area contributed by atoms with Crippen molar-refractivity contribution >= 4 is 0 Å². The van der Waals surface area contributed by atoms with E-state index in [1.165, 1.54) is 19.3 Å². The summed E-state index contributed by atoms with van der Waals surface area (Å²) in [4.78, 5) is 8.50. The molecule has 2 aromatic rings. The zero-order valence-corrected chi connectivity index (χ0v) is 11.7. The highest BCUT2D eigenvalue weighted by Crippen LogP contribution is 2.39. The van der Waals surface area contributed by atoms with Crippen molar-refractivity contribution in [1.29, 1.82) is 0 Å². The third-order valence-corrected chi connectivity index (χ3v) is 4.37. The summed E-state index contributed by atoms with van der Waals surface area (Å²) in [6.45, 7) is 0.522. The van der Waals surface area contributed by atoms with Gasteiger partial charge >= 0.3 is 0 Å². The molecule has 1 fully saturated rings. The Balaban J connectivity index is 1.93. The van der Waals surface area contributed by atoms with E-state index in [-0.39, 0.29) is 5.92 Å². The highest BCUT2D eigenvalue weighted by atomic mass is 16.3. The van der Waals surface area contributed by atoms with Crippen LogP contribution in [0.5, 0.6) is 0 Å². The van der Waals surface area contributed by atoms with Crippen molar-refractivity contribution in [2.24, 2.45) is 5.92 Å². The Kier molecular flexibility index (Phi) is 3.83. The minimum absolute atomic E-state index is 0.272. The smallest absolute Gasteiger partial charge is 0.127 e. The summed E-state index contributed by atoms with van der Waals surface area (Å²) in [5, 5.41) is 11.4.